The van der Waals surface area contributed by atoms with Crippen LogP contribution in [0.4, 0.5) is 8.78 Å². The summed E-state index contributed by atoms with van der Waals surface area (Å²) in [5.74, 6) is -1.70. The summed E-state index contributed by atoms with van der Waals surface area (Å²) >= 11 is 0. The Morgan fingerprint density at radius 3 is 2.40 bits per heavy atom. The Morgan fingerprint density at radius 2 is 1.80 bits per heavy atom. The van der Waals surface area contributed by atoms with Crippen molar-refractivity contribution in [1.82, 2.24) is 10.2 Å². The van der Waals surface area contributed by atoms with Crippen molar-refractivity contribution in [1.29, 1.82) is 0 Å². The first-order valence-electron chi connectivity index (χ1n) is 10.5. The highest BCUT2D eigenvalue weighted by Crippen LogP contribution is 2.29. The van der Waals surface area contributed by atoms with E-state index in [1.807, 2.05) is 4.90 Å². The molecule has 0 heterocycles. The standard InChI is InChI=1S/C24H28F2N2O2/c1-16(2)18-7-5-17(6-8-18)15-28(20-10-11-20)23(29)4-3-13-27-24(30)21-12-9-19(25)14-22(21)26/h5-9,12,14,16,20H,3-4,10-11,13,15H2,1-2H3,(H,27,30). The highest BCUT2D eigenvalue weighted by Gasteiger charge is 2.32. The van der Waals surface area contributed by atoms with Gasteiger partial charge in [-0.3, -0.25) is 9.59 Å². The van der Waals surface area contributed by atoms with Crippen LogP contribution >= 0.6 is 0 Å². The molecule has 3 rings (SSSR count). The van der Waals surface area contributed by atoms with Crippen molar-refractivity contribution < 1.29 is 18.4 Å². The molecule has 4 nitrogen and oxygen atoms in total. The van der Waals surface area contributed by atoms with Crippen molar-refractivity contribution in [3.8, 4) is 0 Å². The van der Waals surface area contributed by atoms with E-state index in [0.29, 0.717) is 37.4 Å². The molecule has 6 heteroatoms. The SMILES string of the molecule is CC(C)c1ccc(CN(C(=O)CCCNC(=O)c2ccc(F)cc2F)C2CC2)cc1. The maximum atomic E-state index is 13.7. The lowest BCUT2D eigenvalue weighted by molar-refractivity contribution is -0.132. The van der Waals surface area contributed by atoms with Gasteiger partial charge >= 0.3 is 0 Å². The van der Waals surface area contributed by atoms with E-state index < -0.39 is 17.5 Å². The Labute approximate surface area is 176 Å². The molecule has 0 aromatic heterocycles. The van der Waals surface area contributed by atoms with Crippen LogP contribution in [0, 0.1) is 11.6 Å². The zero-order valence-electron chi connectivity index (χ0n) is 17.5. The molecular weight excluding hydrogens is 386 g/mol. The minimum atomic E-state index is -0.896. The van der Waals surface area contributed by atoms with E-state index in [0.717, 1.165) is 30.5 Å². The molecule has 1 fully saturated rings. The Balaban J connectivity index is 1.48. The molecule has 1 saturated carbocycles. The largest absolute Gasteiger partial charge is 0.352 e. The summed E-state index contributed by atoms with van der Waals surface area (Å²) in [6.07, 6.45) is 2.82. The number of benzene rings is 2. The lowest BCUT2D eigenvalue weighted by Crippen LogP contribution is -2.33. The quantitative estimate of drug-likeness (QED) is 0.600. The minimum Gasteiger partial charge on any atom is -0.352 e. The maximum Gasteiger partial charge on any atom is 0.254 e. The zero-order chi connectivity index (χ0) is 21.7. The molecule has 2 amide bonds. The number of carbonyl (C=O) groups excluding carboxylic acids is 2. The first kappa shape index (κ1) is 21.9. The van der Waals surface area contributed by atoms with Crippen LogP contribution in [0.3, 0.4) is 0 Å². The molecule has 0 saturated heterocycles. The van der Waals surface area contributed by atoms with Gasteiger partial charge in [-0.05, 0) is 48.4 Å². The molecule has 0 spiro atoms. The monoisotopic (exact) mass is 414 g/mol. The highest BCUT2D eigenvalue weighted by atomic mass is 19.1. The van der Waals surface area contributed by atoms with Crippen LogP contribution in [-0.4, -0.2) is 29.3 Å². The van der Waals surface area contributed by atoms with E-state index in [9.17, 15) is 18.4 Å². The summed E-state index contributed by atoms with van der Waals surface area (Å²) in [6, 6.07) is 11.5. The number of amides is 2. The van der Waals surface area contributed by atoms with Gasteiger partial charge in [0, 0.05) is 31.6 Å². The Bertz CT molecular complexity index is 893. The van der Waals surface area contributed by atoms with E-state index >= 15 is 0 Å². The third kappa shape index (κ3) is 5.88. The molecular formula is C24H28F2N2O2. The fraction of sp³-hybridized carbons (Fsp3) is 0.417. The second-order valence-corrected chi connectivity index (χ2v) is 8.13. The second kappa shape index (κ2) is 9.83. The predicted molar refractivity (Wildman–Crippen MR) is 112 cm³/mol. The molecule has 1 aliphatic carbocycles. The molecule has 0 radical (unpaired) electrons. The van der Waals surface area contributed by atoms with Gasteiger partial charge in [0.2, 0.25) is 5.91 Å². The molecule has 2 aromatic carbocycles. The van der Waals surface area contributed by atoms with Crippen molar-refractivity contribution in [3.05, 3.63) is 70.8 Å². The smallest absolute Gasteiger partial charge is 0.254 e. The number of nitrogens with one attached hydrogen (secondary N) is 1. The molecule has 0 bridgehead atoms. The molecule has 1 aliphatic rings. The van der Waals surface area contributed by atoms with E-state index in [-0.39, 0.29) is 18.0 Å². The van der Waals surface area contributed by atoms with Gasteiger partial charge in [-0.15, -0.1) is 0 Å². The summed E-state index contributed by atoms with van der Waals surface area (Å²) in [5, 5.41) is 2.59. The van der Waals surface area contributed by atoms with Crippen molar-refractivity contribution in [3.63, 3.8) is 0 Å². The van der Waals surface area contributed by atoms with Crippen LogP contribution in [0.5, 0.6) is 0 Å². The maximum absolute atomic E-state index is 13.7. The molecule has 1 N–H and O–H groups in total. The van der Waals surface area contributed by atoms with E-state index in [1.54, 1.807) is 0 Å². The predicted octanol–water partition coefficient (Wildman–Crippen LogP) is 4.79. The summed E-state index contributed by atoms with van der Waals surface area (Å²) < 4.78 is 26.6. The molecule has 2 aromatic rings. The average Bonchev–Trinajstić information content (AvgIpc) is 3.54. The van der Waals surface area contributed by atoms with Crippen molar-refractivity contribution in [2.75, 3.05) is 6.54 Å². The zero-order valence-corrected chi connectivity index (χ0v) is 17.5. The van der Waals surface area contributed by atoms with Gasteiger partial charge in [-0.25, -0.2) is 8.78 Å². The molecule has 0 aliphatic heterocycles. The van der Waals surface area contributed by atoms with Gasteiger partial charge in [0.05, 0.1) is 5.56 Å². The number of rotatable bonds is 9. The van der Waals surface area contributed by atoms with E-state index in [2.05, 4.69) is 43.4 Å². The summed E-state index contributed by atoms with van der Waals surface area (Å²) in [4.78, 5) is 26.7. The normalized spacial score (nSPS) is 13.4. The molecule has 0 unspecified atom stereocenters. The fourth-order valence-corrected chi connectivity index (χ4v) is 3.37. The topological polar surface area (TPSA) is 49.4 Å². The number of halogens is 2. The number of nitrogens with zero attached hydrogens (tertiary/aromatic N) is 1. The van der Waals surface area contributed by atoms with Crippen molar-refractivity contribution >= 4 is 11.8 Å². The lowest BCUT2D eigenvalue weighted by atomic mass is 10.0. The van der Waals surface area contributed by atoms with Gasteiger partial charge in [-0.2, -0.15) is 0 Å². The summed E-state index contributed by atoms with van der Waals surface area (Å²) in [5.41, 5.74) is 2.18. The van der Waals surface area contributed by atoms with E-state index in [1.165, 1.54) is 5.56 Å². The van der Waals surface area contributed by atoms with Crippen LogP contribution in [0.25, 0.3) is 0 Å². The number of hydrogen-bond acceptors (Lipinski definition) is 2. The minimum absolute atomic E-state index is 0.0626. The average molecular weight is 414 g/mol. The fourth-order valence-electron chi connectivity index (χ4n) is 3.37. The van der Waals surface area contributed by atoms with E-state index in [4.69, 9.17) is 0 Å². The third-order valence-corrected chi connectivity index (χ3v) is 5.34. The highest BCUT2D eigenvalue weighted by molar-refractivity contribution is 5.94. The first-order chi connectivity index (χ1) is 14.3. The van der Waals surface area contributed by atoms with Gasteiger partial charge in [0.1, 0.15) is 11.6 Å². The van der Waals surface area contributed by atoms with Gasteiger partial charge in [-0.1, -0.05) is 38.1 Å². The summed E-state index contributed by atoms with van der Waals surface area (Å²) in [6.45, 7) is 5.15. The summed E-state index contributed by atoms with van der Waals surface area (Å²) in [7, 11) is 0. The van der Waals surface area contributed by atoms with Crippen molar-refractivity contribution in [2.24, 2.45) is 0 Å². The van der Waals surface area contributed by atoms with Crippen LogP contribution in [0.1, 0.15) is 66.9 Å². The third-order valence-electron chi connectivity index (χ3n) is 5.34. The molecule has 30 heavy (non-hydrogen) atoms. The van der Waals surface area contributed by atoms with Crippen LogP contribution in [0.15, 0.2) is 42.5 Å². The Hall–Kier alpha value is -2.76. The molecule has 0 atom stereocenters. The number of carbonyl (C=O) groups is 2. The molecule has 160 valence electrons. The van der Waals surface area contributed by atoms with Crippen molar-refractivity contribution in [2.45, 2.75) is 58.0 Å². The van der Waals surface area contributed by atoms with Crippen LogP contribution in [0.2, 0.25) is 0 Å². The van der Waals surface area contributed by atoms with Crippen LogP contribution < -0.4 is 5.32 Å². The second-order valence-electron chi connectivity index (χ2n) is 8.13. The van der Waals surface area contributed by atoms with Gasteiger partial charge in [0.15, 0.2) is 0 Å². The Kier molecular flexibility index (Phi) is 7.19. The number of hydrogen-bond donors (Lipinski definition) is 1. The van der Waals surface area contributed by atoms with Crippen LogP contribution in [-0.2, 0) is 11.3 Å². The van der Waals surface area contributed by atoms with Gasteiger partial charge < -0.3 is 10.2 Å². The Morgan fingerprint density at radius 1 is 1.10 bits per heavy atom. The lowest BCUT2D eigenvalue weighted by Gasteiger charge is -2.23. The first-order valence-corrected chi connectivity index (χ1v) is 10.5. The van der Waals surface area contributed by atoms with Gasteiger partial charge in [0.25, 0.3) is 5.91 Å².